The molecule has 3 heteroatoms. The molecule has 0 spiro atoms. The molecule has 0 amide bonds. The third-order valence-corrected chi connectivity index (χ3v) is 3.87. The minimum atomic E-state index is -0.181. The Morgan fingerprint density at radius 1 is 1.35 bits per heavy atom. The van der Waals surface area contributed by atoms with E-state index in [2.05, 4.69) is 4.90 Å². The van der Waals surface area contributed by atoms with E-state index in [1.54, 1.807) is 13.0 Å². The summed E-state index contributed by atoms with van der Waals surface area (Å²) in [5.41, 5.74) is 1.58. The Kier molecular flexibility index (Phi) is 3.18. The fraction of sp³-hybridized carbons (Fsp3) is 0.500. The van der Waals surface area contributed by atoms with Crippen LogP contribution >= 0.6 is 0 Å². The summed E-state index contributed by atoms with van der Waals surface area (Å²) in [5.74, 6) is 0.147. The quantitative estimate of drug-likeness (QED) is 0.746. The van der Waals surface area contributed by atoms with Crippen LogP contribution in [-0.2, 0) is 4.79 Å². The largest absolute Gasteiger partial charge is 0.367 e. The van der Waals surface area contributed by atoms with Crippen LogP contribution in [0.4, 0.5) is 10.1 Å². The molecule has 2 nitrogen and oxygen atoms in total. The Hall–Kier alpha value is -1.38. The Bertz CT molecular complexity index is 444. The third kappa shape index (κ3) is 2.06. The van der Waals surface area contributed by atoms with Gasteiger partial charge >= 0.3 is 0 Å². The van der Waals surface area contributed by atoms with Crippen LogP contribution in [0, 0.1) is 18.7 Å². The van der Waals surface area contributed by atoms with Gasteiger partial charge in [-0.05, 0) is 26.0 Å². The number of hydrogen-bond donors (Lipinski definition) is 0. The Morgan fingerprint density at radius 2 is 2.06 bits per heavy atom. The zero-order chi connectivity index (χ0) is 12.6. The second kappa shape index (κ2) is 4.47. The Labute approximate surface area is 101 Å². The van der Waals surface area contributed by atoms with Gasteiger partial charge in [-0.3, -0.25) is 4.79 Å². The van der Waals surface area contributed by atoms with Crippen molar-refractivity contribution in [2.45, 2.75) is 33.2 Å². The van der Waals surface area contributed by atoms with E-state index in [0.717, 1.165) is 5.69 Å². The van der Waals surface area contributed by atoms with Crippen molar-refractivity contribution in [2.75, 3.05) is 11.4 Å². The topological polar surface area (TPSA) is 20.3 Å². The van der Waals surface area contributed by atoms with E-state index in [-0.39, 0.29) is 17.8 Å². The summed E-state index contributed by atoms with van der Waals surface area (Å²) in [5, 5.41) is 0. The van der Waals surface area contributed by atoms with Crippen molar-refractivity contribution in [3.63, 3.8) is 0 Å². The highest BCUT2D eigenvalue weighted by atomic mass is 19.1. The van der Waals surface area contributed by atoms with Gasteiger partial charge in [-0.2, -0.15) is 0 Å². The number of carbonyl (C=O) groups is 1. The van der Waals surface area contributed by atoms with Crippen LogP contribution in [-0.4, -0.2) is 18.4 Å². The molecule has 0 radical (unpaired) electrons. The summed E-state index contributed by atoms with van der Waals surface area (Å²) in [6, 6.07) is 5.27. The number of anilines is 1. The van der Waals surface area contributed by atoms with E-state index in [0.29, 0.717) is 24.3 Å². The summed E-state index contributed by atoms with van der Waals surface area (Å²) >= 11 is 0. The van der Waals surface area contributed by atoms with E-state index >= 15 is 0 Å². The summed E-state index contributed by atoms with van der Waals surface area (Å²) in [4.78, 5) is 13.8. The highest BCUT2D eigenvalue weighted by molar-refractivity contribution is 5.84. The summed E-state index contributed by atoms with van der Waals surface area (Å²) in [7, 11) is 0. The first kappa shape index (κ1) is 12.1. The van der Waals surface area contributed by atoms with Crippen LogP contribution in [0.5, 0.6) is 0 Å². The molecule has 1 aromatic rings. The van der Waals surface area contributed by atoms with Crippen molar-refractivity contribution in [1.29, 1.82) is 0 Å². The molecule has 1 aromatic carbocycles. The van der Waals surface area contributed by atoms with Crippen molar-refractivity contribution in [2.24, 2.45) is 5.92 Å². The first-order valence-corrected chi connectivity index (χ1v) is 6.07. The maximum atomic E-state index is 13.5. The van der Waals surface area contributed by atoms with Gasteiger partial charge in [0.2, 0.25) is 0 Å². The number of Topliss-reactive ketones (excluding diaryl/α,β-unsaturated/α-hetero) is 1. The number of rotatable bonds is 1. The van der Waals surface area contributed by atoms with Crippen molar-refractivity contribution >= 4 is 11.5 Å². The number of benzene rings is 1. The number of hydrogen-bond acceptors (Lipinski definition) is 2. The summed E-state index contributed by atoms with van der Waals surface area (Å²) in [6.45, 7) is 6.47. The first-order chi connectivity index (χ1) is 8.02. The highest BCUT2D eigenvalue weighted by Gasteiger charge is 2.31. The van der Waals surface area contributed by atoms with E-state index in [4.69, 9.17) is 0 Å². The Morgan fingerprint density at radius 3 is 2.76 bits per heavy atom. The smallest absolute Gasteiger partial charge is 0.139 e. The molecule has 1 heterocycles. The second-order valence-electron chi connectivity index (χ2n) is 4.82. The van der Waals surface area contributed by atoms with E-state index in [9.17, 15) is 9.18 Å². The van der Waals surface area contributed by atoms with Gasteiger partial charge in [0.15, 0.2) is 0 Å². The zero-order valence-electron chi connectivity index (χ0n) is 10.5. The lowest BCUT2D eigenvalue weighted by Crippen LogP contribution is -2.47. The fourth-order valence-electron chi connectivity index (χ4n) is 2.45. The molecule has 0 N–H and O–H groups in total. The molecule has 0 aliphatic carbocycles. The molecular formula is C14H18FNO. The highest BCUT2D eigenvalue weighted by Crippen LogP contribution is 2.30. The van der Waals surface area contributed by atoms with Crippen molar-refractivity contribution in [3.8, 4) is 0 Å². The molecule has 92 valence electrons. The fourth-order valence-corrected chi connectivity index (χ4v) is 2.45. The molecule has 1 aliphatic rings. The second-order valence-corrected chi connectivity index (χ2v) is 4.82. The maximum Gasteiger partial charge on any atom is 0.139 e. The van der Waals surface area contributed by atoms with Gasteiger partial charge in [-0.25, -0.2) is 4.39 Å². The van der Waals surface area contributed by atoms with Gasteiger partial charge in [0.25, 0.3) is 0 Å². The molecule has 0 aromatic heterocycles. The third-order valence-electron chi connectivity index (χ3n) is 3.87. The van der Waals surface area contributed by atoms with Crippen LogP contribution in [0.15, 0.2) is 18.2 Å². The van der Waals surface area contributed by atoms with Gasteiger partial charge in [0, 0.05) is 36.2 Å². The number of nitrogens with zero attached hydrogens (tertiary/aromatic N) is 1. The van der Waals surface area contributed by atoms with E-state index < -0.39 is 0 Å². The van der Waals surface area contributed by atoms with E-state index in [1.807, 2.05) is 19.9 Å². The minimum Gasteiger partial charge on any atom is -0.367 e. The van der Waals surface area contributed by atoms with Gasteiger partial charge in [0.1, 0.15) is 11.6 Å². The van der Waals surface area contributed by atoms with Gasteiger partial charge in [-0.15, -0.1) is 0 Å². The normalized spacial score (nSPS) is 25.2. The number of carbonyl (C=O) groups excluding carboxylic acids is 1. The summed E-state index contributed by atoms with van der Waals surface area (Å²) in [6.07, 6.45) is 0.557. The van der Waals surface area contributed by atoms with Crippen LogP contribution in [0.3, 0.4) is 0 Å². The number of ketones is 1. The molecule has 0 saturated carbocycles. The Balaban J connectivity index is 2.34. The SMILES string of the molecule is Cc1c(F)cccc1N1CCC(=O)C(C)C1C. The number of piperidine rings is 1. The van der Waals surface area contributed by atoms with Crippen molar-refractivity contribution in [1.82, 2.24) is 0 Å². The van der Waals surface area contributed by atoms with Gasteiger partial charge < -0.3 is 4.90 Å². The average molecular weight is 235 g/mol. The van der Waals surface area contributed by atoms with Crippen molar-refractivity contribution in [3.05, 3.63) is 29.6 Å². The van der Waals surface area contributed by atoms with E-state index in [1.165, 1.54) is 6.07 Å². The van der Waals surface area contributed by atoms with Gasteiger partial charge in [0.05, 0.1) is 0 Å². The molecule has 2 rings (SSSR count). The average Bonchev–Trinajstić information content (AvgIpc) is 2.31. The molecule has 1 aliphatic heterocycles. The molecule has 1 saturated heterocycles. The lowest BCUT2D eigenvalue weighted by Gasteiger charge is -2.39. The van der Waals surface area contributed by atoms with Crippen LogP contribution < -0.4 is 4.90 Å². The predicted octanol–water partition coefficient (Wildman–Crippen LogP) is 2.94. The summed E-state index contributed by atoms with van der Waals surface area (Å²) < 4.78 is 13.5. The van der Waals surface area contributed by atoms with Gasteiger partial charge in [-0.1, -0.05) is 13.0 Å². The van der Waals surface area contributed by atoms with Crippen LogP contribution in [0.1, 0.15) is 25.8 Å². The predicted molar refractivity (Wildman–Crippen MR) is 66.7 cm³/mol. The molecule has 2 atom stereocenters. The molecule has 0 bridgehead atoms. The van der Waals surface area contributed by atoms with Crippen LogP contribution in [0.25, 0.3) is 0 Å². The molecule has 1 fully saturated rings. The van der Waals surface area contributed by atoms with Crippen LogP contribution in [0.2, 0.25) is 0 Å². The monoisotopic (exact) mass is 235 g/mol. The first-order valence-electron chi connectivity index (χ1n) is 6.07. The zero-order valence-corrected chi connectivity index (χ0v) is 10.5. The lowest BCUT2D eigenvalue weighted by atomic mass is 9.90. The number of halogens is 1. The maximum absolute atomic E-state index is 13.5. The minimum absolute atomic E-state index is 0.0198. The molecular weight excluding hydrogens is 217 g/mol. The van der Waals surface area contributed by atoms with Crippen molar-refractivity contribution < 1.29 is 9.18 Å². The standard InChI is InChI=1S/C14H18FNO/c1-9-11(3)16(8-7-14(9)17)13-6-4-5-12(15)10(13)2/h4-6,9,11H,7-8H2,1-3H3. The molecule has 2 unspecified atom stereocenters. The molecule has 17 heavy (non-hydrogen) atoms. The lowest BCUT2D eigenvalue weighted by molar-refractivity contribution is -0.123.